The molecule has 29 heavy (non-hydrogen) atoms. The Labute approximate surface area is 181 Å². The van der Waals surface area contributed by atoms with Crippen molar-refractivity contribution in [3.63, 3.8) is 0 Å². The second-order valence-electron chi connectivity index (χ2n) is 8.60. The number of amides is 2. The van der Waals surface area contributed by atoms with E-state index < -0.39 is 0 Å². The van der Waals surface area contributed by atoms with Crippen molar-refractivity contribution < 1.29 is 9.59 Å². The molecule has 0 aliphatic carbocycles. The molecule has 2 N–H and O–H groups in total. The van der Waals surface area contributed by atoms with Crippen LogP contribution in [0.4, 0.5) is 10.5 Å². The molecule has 4 rings (SSSR count). The zero-order chi connectivity index (χ0) is 20.6. The summed E-state index contributed by atoms with van der Waals surface area (Å²) in [6, 6.07) is 6.04. The summed E-state index contributed by atoms with van der Waals surface area (Å²) in [6.07, 6.45) is 3.12. The number of aryl methyl sites for hydroxylation is 2. The van der Waals surface area contributed by atoms with E-state index in [1.807, 2.05) is 4.90 Å². The summed E-state index contributed by atoms with van der Waals surface area (Å²) in [7, 11) is 0. The number of hydrogen-bond donors (Lipinski definition) is 2. The predicted molar refractivity (Wildman–Crippen MR) is 121 cm³/mol. The van der Waals surface area contributed by atoms with Gasteiger partial charge in [-0.25, -0.2) is 0 Å². The Morgan fingerprint density at radius 3 is 2.34 bits per heavy atom. The van der Waals surface area contributed by atoms with Crippen LogP contribution in [0.2, 0.25) is 0 Å². The van der Waals surface area contributed by atoms with Gasteiger partial charge in [-0.15, -0.1) is 0 Å². The molecule has 3 heterocycles. The van der Waals surface area contributed by atoms with E-state index in [4.69, 9.17) is 12.2 Å². The van der Waals surface area contributed by atoms with Crippen molar-refractivity contribution in [1.82, 2.24) is 15.1 Å². The lowest BCUT2D eigenvalue weighted by Gasteiger charge is -2.40. The normalized spacial score (nSPS) is 23.4. The third-order valence-corrected chi connectivity index (χ3v) is 7.55. The number of benzene rings is 1. The highest BCUT2D eigenvalue weighted by atomic mass is 32.2. The number of nitrogens with one attached hydrogen (secondary N) is 2. The monoisotopic (exact) mass is 432 g/mol. The number of likely N-dealkylation sites (tertiary alicyclic amines) is 2. The highest BCUT2D eigenvalue weighted by Crippen LogP contribution is 2.41. The Hall–Kier alpha value is -1.80. The molecule has 3 saturated heterocycles. The van der Waals surface area contributed by atoms with E-state index in [9.17, 15) is 9.59 Å². The highest BCUT2D eigenvalue weighted by molar-refractivity contribution is 8.14. The zero-order valence-corrected chi connectivity index (χ0v) is 18.6. The number of thiocarbonyl (C=S) groups is 1. The van der Waals surface area contributed by atoms with Gasteiger partial charge in [-0.05, 0) is 74.0 Å². The first kappa shape index (κ1) is 20.5. The van der Waals surface area contributed by atoms with Crippen LogP contribution in [0.3, 0.4) is 0 Å². The Morgan fingerprint density at radius 1 is 1.14 bits per heavy atom. The van der Waals surface area contributed by atoms with Crippen LogP contribution >= 0.6 is 24.0 Å². The molecule has 2 amide bonds. The SMILES string of the molecule is Cc1cc(C)cc(NC(=S)N2CCC3(CCN(C(=O)C4CSC(=O)N4)C3)CC2)c1. The fourth-order valence-electron chi connectivity index (χ4n) is 4.70. The first-order valence-electron chi connectivity index (χ1n) is 10.2. The molecule has 0 radical (unpaired) electrons. The number of anilines is 1. The summed E-state index contributed by atoms with van der Waals surface area (Å²) in [4.78, 5) is 28.3. The Balaban J connectivity index is 1.30. The quantitative estimate of drug-likeness (QED) is 0.700. The lowest BCUT2D eigenvalue weighted by Crippen LogP contribution is -2.48. The molecular weight excluding hydrogens is 404 g/mol. The molecule has 6 nitrogen and oxygen atoms in total. The zero-order valence-electron chi connectivity index (χ0n) is 17.0. The summed E-state index contributed by atoms with van der Waals surface area (Å²) in [5.74, 6) is 0.627. The average Bonchev–Trinajstić information content (AvgIpc) is 3.28. The molecule has 3 aliphatic heterocycles. The molecule has 156 valence electrons. The largest absolute Gasteiger partial charge is 0.349 e. The summed E-state index contributed by atoms with van der Waals surface area (Å²) in [5, 5.41) is 6.86. The maximum atomic E-state index is 12.7. The summed E-state index contributed by atoms with van der Waals surface area (Å²) in [6.45, 7) is 7.60. The van der Waals surface area contributed by atoms with E-state index >= 15 is 0 Å². The minimum atomic E-state index is -0.350. The lowest BCUT2D eigenvalue weighted by atomic mass is 9.78. The van der Waals surface area contributed by atoms with Crippen molar-refractivity contribution in [2.75, 3.05) is 37.2 Å². The van der Waals surface area contributed by atoms with Crippen molar-refractivity contribution >= 4 is 45.9 Å². The van der Waals surface area contributed by atoms with Crippen molar-refractivity contribution in [2.45, 2.75) is 39.2 Å². The summed E-state index contributed by atoms with van der Waals surface area (Å²) < 4.78 is 0. The average molecular weight is 433 g/mol. The van der Waals surface area contributed by atoms with Crippen molar-refractivity contribution in [3.8, 4) is 0 Å². The van der Waals surface area contributed by atoms with Crippen LogP contribution in [0, 0.1) is 19.3 Å². The van der Waals surface area contributed by atoms with E-state index in [0.29, 0.717) is 5.75 Å². The van der Waals surface area contributed by atoms with Gasteiger partial charge in [0.2, 0.25) is 5.91 Å². The van der Waals surface area contributed by atoms with Gasteiger partial charge in [-0.2, -0.15) is 0 Å². The Kier molecular flexibility index (Phi) is 5.75. The molecule has 0 saturated carbocycles. The number of thioether (sulfide) groups is 1. The van der Waals surface area contributed by atoms with Gasteiger partial charge in [0.25, 0.3) is 5.24 Å². The second-order valence-corrected chi connectivity index (χ2v) is 9.98. The number of nitrogens with zero attached hydrogens (tertiary/aromatic N) is 2. The highest BCUT2D eigenvalue weighted by Gasteiger charge is 2.44. The molecule has 1 atom stereocenters. The van der Waals surface area contributed by atoms with Crippen LogP contribution in [0.1, 0.15) is 30.4 Å². The van der Waals surface area contributed by atoms with Gasteiger partial charge in [0.05, 0.1) is 0 Å². The minimum Gasteiger partial charge on any atom is -0.349 e. The van der Waals surface area contributed by atoms with E-state index in [1.54, 1.807) is 0 Å². The maximum absolute atomic E-state index is 12.7. The number of carbonyl (C=O) groups is 2. The van der Waals surface area contributed by atoms with Crippen LogP contribution in [0.5, 0.6) is 0 Å². The molecule has 3 fully saturated rings. The van der Waals surface area contributed by atoms with Crippen LogP contribution in [-0.2, 0) is 4.79 Å². The third-order valence-electron chi connectivity index (χ3n) is 6.31. The molecule has 8 heteroatoms. The second kappa shape index (κ2) is 8.14. The molecule has 0 aromatic heterocycles. The minimum absolute atomic E-state index is 0.0784. The first-order valence-corrected chi connectivity index (χ1v) is 11.6. The van der Waals surface area contributed by atoms with Gasteiger partial charge in [0, 0.05) is 37.6 Å². The van der Waals surface area contributed by atoms with Gasteiger partial charge in [-0.3, -0.25) is 9.59 Å². The maximum Gasteiger partial charge on any atom is 0.279 e. The predicted octanol–water partition coefficient (Wildman–Crippen LogP) is 3.14. The molecule has 1 aromatic carbocycles. The molecule has 1 unspecified atom stereocenters. The lowest BCUT2D eigenvalue weighted by molar-refractivity contribution is -0.132. The fraction of sp³-hybridized carbons (Fsp3) is 0.571. The molecule has 1 aromatic rings. The smallest absolute Gasteiger partial charge is 0.279 e. The van der Waals surface area contributed by atoms with E-state index in [-0.39, 0.29) is 22.6 Å². The summed E-state index contributed by atoms with van der Waals surface area (Å²) in [5.41, 5.74) is 3.68. The number of rotatable bonds is 2. The van der Waals surface area contributed by atoms with Gasteiger partial charge < -0.3 is 20.4 Å². The van der Waals surface area contributed by atoms with Crippen molar-refractivity contribution in [2.24, 2.45) is 5.41 Å². The van der Waals surface area contributed by atoms with E-state index in [2.05, 4.69) is 47.6 Å². The number of hydrogen-bond acceptors (Lipinski definition) is 4. The standard InChI is InChI=1S/C21H28N4O2S2/c1-14-9-15(2)11-16(10-14)22-19(28)24-6-3-21(4-7-24)5-8-25(13-21)18(26)17-12-29-20(27)23-17/h9-11,17H,3-8,12-13H2,1-2H3,(H,22,28)(H,23,27). The topological polar surface area (TPSA) is 64.7 Å². The van der Waals surface area contributed by atoms with Gasteiger partial charge in [0.15, 0.2) is 5.11 Å². The van der Waals surface area contributed by atoms with E-state index in [0.717, 1.165) is 56.2 Å². The summed E-state index contributed by atoms with van der Waals surface area (Å²) >= 11 is 6.86. The van der Waals surface area contributed by atoms with Crippen LogP contribution in [-0.4, -0.2) is 64.0 Å². The third kappa shape index (κ3) is 4.53. The van der Waals surface area contributed by atoms with E-state index in [1.165, 1.54) is 22.9 Å². The van der Waals surface area contributed by atoms with Crippen LogP contribution < -0.4 is 10.6 Å². The van der Waals surface area contributed by atoms with Gasteiger partial charge in [0.1, 0.15) is 6.04 Å². The number of carbonyl (C=O) groups excluding carboxylic acids is 2. The Bertz CT molecular complexity index is 816. The molecule has 0 bridgehead atoms. The van der Waals surface area contributed by atoms with Crippen LogP contribution in [0.25, 0.3) is 0 Å². The molecule has 1 spiro atoms. The van der Waals surface area contributed by atoms with Gasteiger partial charge in [-0.1, -0.05) is 17.8 Å². The molecular formula is C21H28N4O2S2. The fourth-order valence-corrected chi connectivity index (χ4v) is 5.77. The molecule has 3 aliphatic rings. The van der Waals surface area contributed by atoms with Crippen molar-refractivity contribution in [3.05, 3.63) is 29.3 Å². The number of piperidine rings is 1. The Morgan fingerprint density at radius 2 is 1.76 bits per heavy atom. The first-order chi connectivity index (χ1) is 13.8. The van der Waals surface area contributed by atoms with Gasteiger partial charge >= 0.3 is 0 Å². The van der Waals surface area contributed by atoms with Crippen LogP contribution in [0.15, 0.2) is 18.2 Å². The van der Waals surface area contributed by atoms with Crippen molar-refractivity contribution in [1.29, 1.82) is 0 Å².